The number of nitriles is 1. The van der Waals surface area contributed by atoms with Crippen molar-refractivity contribution in [3.8, 4) is 17.2 Å². The fourth-order valence-electron chi connectivity index (χ4n) is 5.24. The summed E-state index contributed by atoms with van der Waals surface area (Å²) in [6.07, 6.45) is 2.64. The lowest BCUT2D eigenvalue weighted by Crippen LogP contribution is -2.59. The Labute approximate surface area is 247 Å². The van der Waals surface area contributed by atoms with Gasteiger partial charge in [0.15, 0.2) is 0 Å². The molecule has 0 radical (unpaired) electrons. The predicted octanol–water partition coefficient (Wildman–Crippen LogP) is 5.92. The third-order valence-electron chi connectivity index (χ3n) is 7.78. The SMILES string of the molecule is N#CC1(NC(=O)[C@H](Cc2c(F)cccc2F)NC(=O)c2ccc(-c3ccccc3Cl)cc2Cl)CCN(C2CC2)CC1. The highest BCUT2D eigenvalue weighted by Crippen LogP contribution is 2.33. The first-order valence-electron chi connectivity index (χ1n) is 13.5. The third kappa shape index (κ3) is 6.54. The number of likely N-dealkylation sites (tertiary alicyclic amines) is 1. The molecule has 1 aliphatic carbocycles. The van der Waals surface area contributed by atoms with Gasteiger partial charge >= 0.3 is 0 Å². The maximum absolute atomic E-state index is 14.6. The zero-order valence-electron chi connectivity index (χ0n) is 22.1. The van der Waals surface area contributed by atoms with Crippen LogP contribution >= 0.6 is 23.2 Å². The van der Waals surface area contributed by atoms with Crippen LogP contribution in [-0.2, 0) is 11.2 Å². The number of hydrogen-bond donors (Lipinski definition) is 2. The number of carbonyl (C=O) groups excluding carboxylic acids is 2. The quantitative estimate of drug-likeness (QED) is 0.338. The van der Waals surface area contributed by atoms with Gasteiger partial charge in [0.05, 0.1) is 16.7 Å². The van der Waals surface area contributed by atoms with Crippen molar-refractivity contribution in [2.45, 2.75) is 49.7 Å². The number of rotatable bonds is 8. The van der Waals surface area contributed by atoms with E-state index in [0.717, 1.165) is 30.5 Å². The summed E-state index contributed by atoms with van der Waals surface area (Å²) >= 11 is 12.8. The summed E-state index contributed by atoms with van der Waals surface area (Å²) in [4.78, 5) is 29.2. The van der Waals surface area contributed by atoms with Gasteiger partial charge in [-0.25, -0.2) is 8.78 Å². The monoisotopic (exact) mass is 596 g/mol. The topological polar surface area (TPSA) is 85.2 Å². The summed E-state index contributed by atoms with van der Waals surface area (Å²) in [6.45, 7) is 1.32. The van der Waals surface area contributed by atoms with E-state index < -0.39 is 41.5 Å². The summed E-state index contributed by atoms with van der Waals surface area (Å²) in [5.41, 5.74) is -0.00379. The first-order valence-corrected chi connectivity index (χ1v) is 14.2. The number of hydrogen-bond acceptors (Lipinski definition) is 4. The molecule has 0 spiro atoms. The van der Waals surface area contributed by atoms with Crippen molar-refractivity contribution in [1.82, 2.24) is 15.5 Å². The van der Waals surface area contributed by atoms with E-state index in [1.165, 1.54) is 12.1 Å². The molecule has 3 aromatic rings. The van der Waals surface area contributed by atoms with Gasteiger partial charge in [-0.3, -0.25) is 9.59 Å². The lowest BCUT2D eigenvalue weighted by molar-refractivity contribution is -0.124. The molecule has 6 nitrogen and oxygen atoms in total. The number of benzene rings is 3. The zero-order valence-corrected chi connectivity index (χ0v) is 23.6. The van der Waals surface area contributed by atoms with Gasteiger partial charge in [-0.1, -0.05) is 53.5 Å². The van der Waals surface area contributed by atoms with E-state index in [9.17, 15) is 23.6 Å². The molecule has 1 heterocycles. The van der Waals surface area contributed by atoms with Crippen molar-refractivity contribution >= 4 is 35.0 Å². The molecule has 2 aliphatic rings. The normalized spacial score (nSPS) is 17.3. The molecule has 2 N–H and O–H groups in total. The number of amides is 2. The first kappa shape index (κ1) is 29.0. The summed E-state index contributed by atoms with van der Waals surface area (Å²) in [7, 11) is 0. The van der Waals surface area contributed by atoms with E-state index in [2.05, 4.69) is 21.6 Å². The average Bonchev–Trinajstić information content (AvgIpc) is 3.80. The van der Waals surface area contributed by atoms with Gasteiger partial charge in [0.25, 0.3) is 5.91 Å². The molecule has 10 heteroatoms. The Morgan fingerprint density at radius 2 is 1.68 bits per heavy atom. The van der Waals surface area contributed by atoms with Gasteiger partial charge in [-0.15, -0.1) is 0 Å². The van der Waals surface area contributed by atoms with Crippen LogP contribution in [0.2, 0.25) is 10.0 Å². The lowest BCUT2D eigenvalue weighted by atomic mass is 9.88. The molecule has 1 saturated heterocycles. The fraction of sp³-hybridized carbons (Fsp3) is 0.323. The van der Waals surface area contributed by atoms with Crippen molar-refractivity contribution in [2.24, 2.45) is 0 Å². The van der Waals surface area contributed by atoms with Crippen LogP contribution in [0.3, 0.4) is 0 Å². The van der Waals surface area contributed by atoms with Crippen LogP contribution in [0.4, 0.5) is 8.78 Å². The van der Waals surface area contributed by atoms with Gasteiger partial charge in [0, 0.05) is 41.7 Å². The molecule has 212 valence electrons. The average molecular weight is 597 g/mol. The van der Waals surface area contributed by atoms with E-state index in [-0.39, 0.29) is 16.1 Å². The summed E-state index contributed by atoms with van der Waals surface area (Å²) in [5.74, 6) is -3.09. The van der Waals surface area contributed by atoms with E-state index in [4.69, 9.17) is 23.2 Å². The minimum Gasteiger partial charge on any atom is -0.340 e. The van der Waals surface area contributed by atoms with Crippen molar-refractivity contribution < 1.29 is 18.4 Å². The number of nitrogens with zero attached hydrogens (tertiary/aromatic N) is 2. The van der Waals surface area contributed by atoms with Crippen molar-refractivity contribution in [3.05, 3.63) is 93.5 Å². The van der Waals surface area contributed by atoms with Gasteiger partial charge in [0.1, 0.15) is 23.2 Å². The molecular weight excluding hydrogens is 569 g/mol. The molecule has 41 heavy (non-hydrogen) atoms. The lowest BCUT2D eigenvalue weighted by Gasteiger charge is -2.38. The molecule has 2 fully saturated rings. The highest BCUT2D eigenvalue weighted by molar-refractivity contribution is 6.35. The second-order valence-electron chi connectivity index (χ2n) is 10.6. The molecule has 0 bridgehead atoms. The Hall–Kier alpha value is -3.51. The van der Waals surface area contributed by atoms with Gasteiger partial charge in [-0.05, 0) is 61.6 Å². The van der Waals surface area contributed by atoms with Crippen molar-refractivity contribution in [3.63, 3.8) is 0 Å². The smallest absolute Gasteiger partial charge is 0.253 e. The van der Waals surface area contributed by atoms with Crippen LogP contribution in [0.15, 0.2) is 60.7 Å². The van der Waals surface area contributed by atoms with Crippen molar-refractivity contribution in [1.29, 1.82) is 5.26 Å². The molecular formula is C31H28Cl2F2N4O2. The van der Waals surface area contributed by atoms with E-state index in [1.807, 2.05) is 12.1 Å². The maximum atomic E-state index is 14.6. The predicted molar refractivity (Wildman–Crippen MR) is 154 cm³/mol. The Morgan fingerprint density at radius 3 is 2.29 bits per heavy atom. The number of nitrogens with one attached hydrogen (secondary N) is 2. The minimum absolute atomic E-state index is 0.0713. The highest BCUT2D eigenvalue weighted by Gasteiger charge is 2.41. The maximum Gasteiger partial charge on any atom is 0.253 e. The highest BCUT2D eigenvalue weighted by atomic mass is 35.5. The second-order valence-corrected chi connectivity index (χ2v) is 11.4. The molecule has 0 aromatic heterocycles. The summed E-state index contributed by atoms with van der Waals surface area (Å²) < 4.78 is 29.2. The van der Waals surface area contributed by atoms with E-state index in [1.54, 1.807) is 24.3 Å². The summed E-state index contributed by atoms with van der Waals surface area (Å²) in [6, 6.07) is 16.7. The summed E-state index contributed by atoms with van der Waals surface area (Å²) in [5, 5.41) is 16.0. The van der Waals surface area contributed by atoms with Gasteiger partial charge in [-0.2, -0.15) is 5.26 Å². The largest absolute Gasteiger partial charge is 0.340 e. The Bertz CT molecular complexity index is 1490. The van der Waals surface area contributed by atoms with Gasteiger partial charge < -0.3 is 15.5 Å². The molecule has 2 amide bonds. The fourth-order valence-corrected chi connectivity index (χ4v) is 5.75. The minimum atomic E-state index is -1.38. The number of halogens is 4. The first-order chi connectivity index (χ1) is 19.7. The molecule has 1 saturated carbocycles. The van der Waals surface area contributed by atoms with Crippen LogP contribution in [0.1, 0.15) is 41.6 Å². The van der Waals surface area contributed by atoms with Crippen LogP contribution in [-0.4, -0.2) is 47.4 Å². The Kier molecular flexibility index (Phi) is 8.60. The third-order valence-corrected chi connectivity index (χ3v) is 8.42. The second kappa shape index (κ2) is 12.2. The molecule has 0 unspecified atom stereocenters. The van der Waals surface area contributed by atoms with Crippen LogP contribution < -0.4 is 10.6 Å². The van der Waals surface area contributed by atoms with Gasteiger partial charge in [0.2, 0.25) is 5.91 Å². The van der Waals surface area contributed by atoms with Crippen LogP contribution in [0.25, 0.3) is 11.1 Å². The number of carbonyl (C=O) groups is 2. The Balaban J connectivity index is 1.38. The molecule has 1 atom stereocenters. The molecule has 3 aromatic carbocycles. The van der Waals surface area contributed by atoms with E-state index >= 15 is 0 Å². The number of piperidine rings is 1. The molecule has 1 aliphatic heterocycles. The van der Waals surface area contributed by atoms with Crippen LogP contribution in [0, 0.1) is 23.0 Å². The molecule has 5 rings (SSSR count). The van der Waals surface area contributed by atoms with Crippen LogP contribution in [0.5, 0.6) is 0 Å². The van der Waals surface area contributed by atoms with E-state index in [0.29, 0.717) is 42.6 Å². The Morgan fingerprint density at radius 1 is 1.00 bits per heavy atom. The standard InChI is InChI=1S/C31H28Cl2F2N4O2/c32-24-5-2-1-4-21(24)19-8-11-22(25(33)16-19)29(40)37-28(17-23-26(34)6-3-7-27(23)35)30(41)38-31(18-36)12-14-39(15-13-31)20-9-10-20/h1-8,11,16,20,28H,9-10,12-15,17H2,(H,37,40)(H,38,41)/t28-/m0/s1. The zero-order chi connectivity index (χ0) is 29.1. The van der Waals surface area contributed by atoms with Crippen molar-refractivity contribution in [2.75, 3.05) is 13.1 Å².